The Labute approximate surface area is 157 Å². The summed E-state index contributed by atoms with van der Waals surface area (Å²) in [5.74, 6) is 1.52. The minimum absolute atomic E-state index is 0.118. The molecule has 1 N–H and O–H groups in total. The number of nitrogens with one attached hydrogen (secondary N) is 1. The van der Waals surface area contributed by atoms with Crippen LogP contribution in [0.5, 0.6) is 11.5 Å². The van der Waals surface area contributed by atoms with Crippen LogP contribution in [0.1, 0.15) is 23.8 Å². The number of furan rings is 1. The summed E-state index contributed by atoms with van der Waals surface area (Å²) in [6, 6.07) is 13.2. The van der Waals surface area contributed by atoms with E-state index in [1.165, 1.54) is 5.56 Å². The third-order valence-corrected chi connectivity index (χ3v) is 4.28. The highest BCUT2D eigenvalue weighted by Crippen LogP contribution is 2.28. The molecular formula is C21H22N2O4. The summed E-state index contributed by atoms with van der Waals surface area (Å²) in [5.41, 5.74) is 5.97. The lowest BCUT2D eigenvalue weighted by Crippen LogP contribution is -2.25. The summed E-state index contributed by atoms with van der Waals surface area (Å²) in [6.45, 7) is 5.66. The van der Waals surface area contributed by atoms with Crippen molar-refractivity contribution in [2.24, 2.45) is 5.10 Å². The molecule has 3 rings (SSSR count). The van der Waals surface area contributed by atoms with Crippen molar-refractivity contribution >= 4 is 22.6 Å². The van der Waals surface area contributed by atoms with Crippen LogP contribution >= 0.6 is 0 Å². The summed E-state index contributed by atoms with van der Waals surface area (Å²) in [6.07, 6.45) is 0. The maximum Gasteiger partial charge on any atom is 0.277 e. The maximum absolute atomic E-state index is 12.0. The summed E-state index contributed by atoms with van der Waals surface area (Å²) < 4.78 is 16.6. The van der Waals surface area contributed by atoms with Gasteiger partial charge in [0.15, 0.2) is 23.7 Å². The first kappa shape index (κ1) is 18.5. The molecule has 0 fully saturated rings. The van der Waals surface area contributed by atoms with Crippen molar-refractivity contribution in [3.8, 4) is 11.5 Å². The van der Waals surface area contributed by atoms with Gasteiger partial charge in [0.25, 0.3) is 5.91 Å². The van der Waals surface area contributed by atoms with E-state index in [0.717, 1.165) is 10.9 Å². The van der Waals surface area contributed by atoms with Gasteiger partial charge in [-0.25, -0.2) is 5.43 Å². The number of ether oxygens (including phenoxy) is 2. The Bertz CT molecular complexity index is 1000. The van der Waals surface area contributed by atoms with Gasteiger partial charge in [0.05, 0.1) is 7.11 Å². The van der Waals surface area contributed by atoms with Gasteiger partial charge in [-0.2, -0.15) is 5.10 Å². The molecule has 3 aromatic rings. The van der Waals surface area contributed by atoms with Crippen LogP contribution < -0.4 is 14.9 Å². The molecule has 0 spiro atoms. The van der Waals surface area contributed by atoms with Gasteiger partial charge < -0.3 is 13.9 Å². The van der Waals surface area contributed by atoms with Crippen molar-refractivity contribution in [1.29, 1.82) is 0 Å². The summed E-state index contributed by atoms with van der Waals surface area (Å²) in [5, 5.41) is 5.00. The molecule has 1 aromatic heterocycles. The smallest absolute Gasteiger partial charge is 0.277 e. The number of hydrazone groups is 1. The van der Waals surface area contributed by atoms with E-state index in [4.69, 9.17) is 13.9 Å². The van der Waals surface area contributed by atoms with E-state index in [1.54, 1.807) is 14.0 Å². The third kappa shape index (κ3) is 4.28. The van der Waals surface area contributed by atoms with Crippen molar-refractivity contribution in [1.82, 2.24) is 5.43 Å². The zero-order valence-electron chi connectivity index (χ0n) is 15.8. The molecular weight excluding hydrogens is 344 g/mol. The predicted octanol–water partition coefficient (Wildman–Crippen LogP) is 3.98. The van der Waals surface area contributed by atoms with Gasteiger partial charge in [0.2, 0.25) is 0 Å². The number of hydrogen-bond donors (Lipinski definition) is 1. The van der Waals surface area contributed by atoms with Crippen LogP contribution in [-0.2, 0) is 4.79 Å². The molecule has 0 aliphatic rings. The van der Waals surface area contributed by atoms with Crippen LogP contribution in [0.25, 0.3) is 11.0 Å². The van der Waals surface area contributed by atoms with Gasteiger partial charge in [-0.1, -0.05) is 18.2 Å². The average Bonchev–Trinajstić information content (AvgIpc) is 3.11. The first-order valence-electron chi connectivity index (χ1n) is 8.58. The molecule has 0 atom stereocenters. The molecule has 0 saturated carbocycles. The zero-order valence-corrected chi connectivity index (χ0v) is 15.8. The van der Waals surface area contributed by atoms with Crippen molar-refractivity contribution in [2.75, 3.05) is 13.7 Å². The Kier molecular flexibility index (Phi) is 5.45. The second-order valence-electron chi connectivity index (χ2n) is 6.26. The number of methoxy groups -OCH3 is 1. The van der Waals surface area contributed by atoms with Crippen LogP contribution in [0, 0.1) is 13.8 Å². The molecule has 0 aliphatic heterocycles. The second-order valence-corrected chi connectivity index (χ2v) is 6.26. The van der Waals surface area contributed by atoms with Crippen molar-refractivity contribution in [2.45, 2.75) is 20.8 Å². The number of amides is 1. The monoisotopic (exact) mass is 366 g/mol. The van der Waals surface area contributed by atoms with Crippen molar-refractivity contribution in [3.05, 3.63) is 59.4 Å². The van der Waals surface area contributed by atoms with Crippen molar-refractivity contribution in [3.63, 3.8) is 0 Å². The number of nitrogens with zero attached hydrogens (tertiary/aromatic N) is 1. The molecule has 0 aliphatic carbocycles. The van der Waals surface area contributed by atoms with E-state index in [1.807, 2.05) is 56.3 Å². The second kappa shape index (κ2) is 7.95. The fourth-order valence-corrected chi connectivity index (χ4v) is 2.56. The number of carbonyl (C=O) groups excluding carboxylic acids is 1. The molecule has 140 valence electrons. The highest BCUT2D eigenvalue weighted by molar-refractivity contribution is 6.01. The lowest BCUT2D eigenvalue weighted by Gasteiger charge is -2.07. The molecule has 6 nitrogen and oxygen atoms in total. The van der Waals surface area contributed by atoms with Crippen LogP contribution in [0.15, 0.2) is 52.0 Å². The van der Waals surface area contributed by atoms with E-state index in [2.05, 4.69) is 10.5 Å². The molecule has 27 heavy (non-hydrogen) atoms. The van der Waals surface area contributed by atoms with Crippen molar-refractivity contribution < 1.29 is 18.7 Å². The van der Waals surface area contributed by atoms with E-state index in [9.17, 15) is 4.79 Å². The van der Waals surface area contributed by atoms with Crippen LogP contribution in [0.4, 0.5) is 0 Å². The Hall–Kier alpha value is -3.28. The normalized spacial score (nSPS) is 11.5. The summed E-state index contributed by atoms with van der Waals surface area (Å²) >= 11 is 0. The molecule has 0 unspecified atom stereocenters. The minimum Gasteiger partial charge on any atom is -0.493 e. The van der Waals surface area contributed by atoms with E-state index in [-0.39, 0.29) is 12.5 Å². The molecule has 1 heterocycles. The van der Waals surface area contributed by atoms with Crippen LogP contribution in [0.2, 0.25) is 0 Å². The fourth-order valence-electron chi connectivity index (χ4n) is 2.56. The Morgan fingerprint density at radius 2 is 1.96 bits per heavy atom. The number of hydrogen-bond acceptors (Lipinski definition) is 5. The number of benzene rings is 2. The fraction of sp³-hybridized carbons (Fsp3) is 0.238. The molecule has 0 bridgehead atoms. The maximum atomic E-state index is 12.0. The Morgan fingerprint density at radius 3 is 2.70 bits per heavy atom. The first-order valence-corrected chi connectivity index (χ1v) is 8.58. The Balaban J connectivity index is 1.63. The largest absolute Gasteiger partial charge is 0.493 e. The molecule has 2 aromatic carbocycles. The highest BCUT2D eigenvalue weighted by Gasteiger charge is 2.11. The van der Waals surface area contributed by atoms with Gasteiger partial charge in [0.1, 0.15) is 11.5 Å². The highest BCUT2D eigenvalue weighted by atomic mass is 16.5. The lowest BCUT2D eigenvalue weighted by atomic mass is 10.1. The van der Waals surface area contributed by atoms with Gasteiger partial charge in [0, 0.05) is 5.39 Å². The summed E-state index contributed by atoms with van der Waals surface area (Å²) in [7, 11) is 1.59. The molecule has 1 amide bonds. The third-order valence-electron chi connectivity index (χ3n) is 4.28. The topological polar surface area (TPSA) is 73.1 Å². The van der Waals surface area contributed by atoms with E-state index >= 15 is 0 Å². The van der Waals surface area contributed by atoms with Gasteiger partial charge in [-0.3, -0.25) is 4.79 Å². The number of rotatable bonds is 6. The first-order chi connectivity index (χ1) is 13.0. The van der Waals surface area contributed by atoms with E-state index < -0.39 is 0 Å². The molecule has 0 radical (unpaired) electrons. The summed E-state index contributed by atoms with van der Waals surface area (Å²) in [4.78, 5) is 12.0. The van der Waals surface area contributed by atoms with Gasteiger partial charge >= 0.3 is 0 Å². The quantitative estimate of drug-likeness (QED) is 0.529. The standard InChI is InChI=1S/C21H22N2O4/c1-13-8-9-17(10-14(13)2)26-12-20(24)23-22-15(3)19-11-16-6-5-7-18(25-4)21(16)27-19/h5-11H,12H2,1-4H3,(H,23,24)/b22-15-. The zero-order chi connectivity index (χ0) is 19.4. The Morgan fingerprint density at radius 1 is 1.15 bits per heavy atom. The van der Waals surface area contributed by atoms with Gasteiger partial charge in [-0.05, 0) is 56.2 Å². The predicted molar refractivity (Wildman–Crippen MR) is 105 cm³/mol. The lowest BCUT2D eigenvalue weighted by molar-refractivity contribution is -0.123. The molecule has 6 heteroatoms. The number of fused-ring (bicyclic) bond motifs is 1. The van der Waals surface area contributed by atoms with Crippen LogP contribution in [-0.4, -0.2) is 25.3 Å². The van der Waals surface area contributed by atoms with Crippen LogP contribution in [0.3, 0.4) is 0 Å². The molecule has 0 saturated heterocycles. The minimum atomic E-state index is -0.346. The van der Waals surface area contributed by atoms with E-state index in [0.29, 0.717) is 28.6 Å². The number of aryl methyl sites for hydroxylation is 2. The average molecular weight is 366 g/mol. The number of para-hydroxylation sites is 1. The SMILES string of the molecule is COc1cccc2cc(/C(C)=N\NC(=O)COc3ccc(C)c(C)c3)oc12. The number of carbonyl (C=O) groups is 1. The van der Waals surface area contributed by atoms with Gasteiger partial charge in [-0.15, -0.1) is 0 Å².